The zero-order chi connectivity index (χ0) is 5.82. The molecular formula is C5H11N2NaO. The minimum Gasteiger partial charge on any atom is -1.00 e. The Kier molecular flexibility index (Phi) is 5.48. The topological polar surface area (TPSA) is 35.8 Å². The van der Waals surface area contributed by atoms with E-state index >= 15 is 0 Å². The van der Waals surface area contributed by atoms with Gasteiger partial charge in [0.2, 0.25) is 0 Å². The monoisotopic (exact) mass is 138 g/mol. The van der Waals surface area contributed by atoms with Crippen molar-refractivity contribution in [3.8, 4) is 0 Å². The van der Waals surface area contributed by atoms with Crippen LogP contribution in [0.25, 0.3) is 0 Å². The van der Waals surface area contributed by atoms with E-state index in [1.54, 1.807) is 6.34 Å². The maximum Gasteiger partial charge on any atom is 1.00 e. The minimum atomic E-state index is 0. The Hall–Kier alpha value is 0.430. The number of aliphatic imine (C=N–C) groups is 1. The Balaban J connectivity index is 0. The van der Waals surface area contributed by atoms with Crippen molar-refractivity contribution in [2.24, 2.45) is 4.99 Å². The molecule has 1 heterocycles. The smallest absolute Gasteiger partial charge is 1.00 e. The maximum atomic E-state index is 8.42. The van der Waals surface area contributed by atoms with Gasteiger partial charge in [-0.05, 0) is 0 Å². The second-order valence-corrected chi connectivity index (χ2v) is 1.78. The summed E-state index contributed by atoms with van der Waals surface area (Å²) in [5.41, 5.74) is 0. The number of hydrogen-bond acceptors (Lipinski definition) is 3. The van der Waals surface area contributed by atoms with Crippen molar-refractivity contribution in [1.82, 2.24) is 4.90 Å². The Morgan fingerprint density at radius 1 is 1.78 bits per heavy atom. The Bertz CT molecular complexity index is 102. The second kappa shape index (κ2) is 5.23. The van der Waals surface area contributed by atoms with E-state index in [4.69, 9.17) is 5.11 Å². The molecule has 0 bridgehead atoms. The van der Waals surface area contributed by atoms with Gasteiger partial charge in [0.25, 0.3) is 0 Å². The van der Waals surface area contributed by atoms with Gasteiger partial charge in [-0.3, -0.25) is 4.99 Å². The summed E-state index contributed by atoms with van der Waals surface area (Å²) in [6.45, 7) is 2.82. The Morgan fingerprint density at radius 3 is 3.00 bits per heavy atom. The molecule has 9 heavy (non-hydrogen) atoms. The molecule has 0 saturated carbocycles. The standard InChI is InChI=1S/C5H10N2O.Na.H/c8-4-3-7-2-1-6-5-7;;/h5,8H,1-4H2;;/q;+1;-1. The van der Waals surface area contributed by atoms with E-state index in [0.717, 1.165) is 19.6 Å². The third-order valence-corrected chi connectivity index (χ3v) is 1.15. The van der Waals surface area contributed by atoms with E-state index < -0.39 is 0 Å². The summed E-state index contributed by atoms with van der Waals surface area (Å²) >= 11 is 0. The van der Waals surface area contributed by atoms with E-state index in [1.165, 1.54) is 0 Å². The SMILES string of the molecule is OCCN1C=NCC1.[H-].[Na+]. The van der Waals surface area contributed by atoms with Crippen LogP contribution in [-0.2, 0) is 0 Å². The zero-order valence-corrected chi connectivity index (χ0v) is 7.75. The molecule has 0 atom stereocenters. The molecule has 1 aliphatic rings. The third-order valence-electron chi connectivity index (χ3n) is 1.15. The second-order valence-electron chi connectivity index (χ2n) is 1.78. The number of aliphatic hydroxyl groups is 1. The summed E-state index contributed by atoms with van der Waals surface area (Å²) in [5.74, 6) is 0. The first-order valence-corrected chi connectivity index (χ1v) is 2.78. The molecule has 0 aromatic rings. The summed E-state index contributed by atoms with van der Waals surface area (Å²) in [6, 6.07) is 0. The van der Waals surface area contributed by atoms with Crippen LogP contribution in [0.2, 0.25) is 0 Å². The average molecular weight is 138 g/mol. The number of rotatable bonds is 2. The van der Waals surface area contributed by atoms with Crippen LogP contribution < -0.4 is 29.6 Å². The summed E-state index contributed by atoms with van der Waals surface area (Å²) in [6.07, 6.45) is 1.79. The number of hydrogen-bond donors (Lipinski definition) is 1. The van der Waals surface area contributed by atoms with Crippen molar-refractivity contribution < 1.29 is 36.1 Å². The first-order valence-electron chi connectivity index (χ1n) is 2.78. The van der Waals surface area contributed by atoms with Gasteiger partial charge in [-0.1, -0.05) is 0 Å². The van der Waals surface area contributed by atoms with Gasteiger partial charge in [-0.15, -0.1) is 0 Å². The number of aliphatic hydroxyl groups excluding tert-OH is 1. The van der Waals surface area contributed by atoms with Crippen molar-refractivity contribution >= 4 is 6.34 Å². The molecule has 0 radical (unpaired) electrons. The molecule has 0 saturated heterocycles. The Labute approximate surface area is 78.5 Å². The quantitative estimate of drug-likeness (QED) is 0.401. The van der Waals surface area contributed by atoms with Gasteiger partial charge in [0.05, 0.1) is 19.5 Å². The summed E-state index contributed by atoms with van der Waals surface area (Å²) < 4.78 is 0. The molecule has 4 heteroatoms. The summed E-state index contributed by atoms with van der Waals surface area (Å²) in [5, 5.41) is 8.42. The minimum absolute atomic E-state index is 0. The molecule has 3 nitrogen and oxygen atoms in total. The van der Waals surface area contributed by atoms with E-state index in [9.17, 15) is 0 Å². The van der Waals surface area contributed by atoms with Crippen molar-refractivity contribution in [2.75, 3.05) is 26.2 Å². The van der Waals surface area contributed by atoms with Crippen LogP contribution in [0.4, 0.5) is 0 Å². The Morgan fingerprint density at radius 2 is 2.56 bits per heavy atom. The van der Waals surface area contributed by atoms with Gasteiger partial charge in [0.15, 0.2) is 0 Å². The molecule has 0 aliphatic carbocycles. The fraction of sp³-hybridized carbons (Fsp3) is 0.800. The van der Waals surface area contributed by atoms with E-state index in [2.05, 4.69) is 4.99 Å². The van der Waals surface area contributed by atoms with Gasteiger partial charge >= 0.3 is 29.6 Å². The summed E-state index contributed by atoms with van der Waals surface area (Å²) in [7, 11) is 0. The maximum absolute atomic E-state index is 8.42. The third kappa shape index (κ3) is 3.20. The fourth-order valence-corrected chi connectivity index (χ4v) is 0.715. The molecule has 1 aliphatic heterocycles. The van der Waals surface area contributed by atoms with E-state index in [-0.39, 0.29) is 37.6 Å². The fourth-order valence-electron chi connectivity index (χ4n) is 0.715. The van der Waals surface area contributed by atoms with Crippen LogP contribution >= 0.6 is 0 Å². The largest absolute Gasteiger partial charge is 1.00 e. The predicted octanol–water partition coefficient (Wildman–Crippen LogP) is -3.56. The van der Waals surface area contributed by atoms with Crippen molar-refractivity contribution in [3.63, 3.8) is 0 Å². The molecule has 0 unspecified atom stereocenters. The van der Waals surface area contributed by atoms with E-state index in [1.807, 2.05) is 4.90 Å². The van der Waals surface area contributed by atoms with Crippen molar-refractivity contribution in [3.05, 3.63) is 0 Å². The van der Waals surface area contributed by atoms with Gasteiger partial charge < -0.3 is 11.4 Å². The molecule has 0 amide bonds. The molecule has 1 rings (SSSR count). The molecule has 0 aromatic heterocycles. The predicted molar refractivity (Wildman–Crippen MR) is 33.1 cm³/mol. The van der Waals surface area contributed by atoms with Gasteiger partial charge in [-0.2, -0.15) is 0 Å². The van der Waals surface area contributed by atoms with Crippen LogP contribution in [0, 0.1) is 0 Å². The normalized spacial score (nSPS) is 15.9. The summed E-state index contributed by atoms with van der Waals surface area (Å²) in [4.78, 5) is 5.97. The zero-order valence-electron chi connectivity index (χ0n) is 6.75. The van der Waals surface area contributed by atoms with Crippen molar-refractivity contribution in [1.29, 1.82) is 0 Å². The van der Waals surface area contributed by atoms with Crippen LogP contribution in [0.15, 0.2) is 4.99 Å². The van der Waals surface area contributed by atoms with Crippen molar-refractivity contribution in [2.45, 2.75) is 0 Å². The molecular weight excluding hydrogens is 127 g/mol. The van der Waals surface area contributed by atoms with Crippen LogP contribution in [0.1, 0.15) is 1.43 Å². The number of nitrogens with zero attached hydrogens (tertiary/aromatic N) is 2. The van der Waals surface area contributed by atoms with E-state index in [0.29, 0.717) is 0 Å². The molecule has 0 fully saturated rings. The molecule has 0 spiro atoms. The number of β-amino-alcohol motifs (C(OH)–C–C–N with tert-alkyl or cyclic N) is 1. The van der Waals surface area contributed by atoms with Gasteiger partial charge in [0, 0.05) is 13.1 Å². The van der Waals surface area contributed by atoms with Crippen LogP contribution in [0.3, 0.4) is 0 Å². The van der Waals surface area contributed by atoms with Gasteiger partial charge in [-0.25, -0.2) is 0 Å². The molecule has 48 valence electrons. The van der Waals surface area contributed by atoms with Crippen LogP contribution in [0.5, 0.6) is 0 Å². The van der Waals surface area contributed by atoms with Crippen LogP contribution in [-0.4, -0.2) is 42.6 Å². The molecule has 1 N–H and O–H groups in total. The van der Waals surface area contributed by atoms with Gasteiger partial charge in [0.1, 0.15) is 0 Å². The average Bonchev–Trinajstić information content (AvgIpc) is 2.19. The first kappa shape index (κ1) is 9.43. The first-order chi connectivity index (χ1) is 3.93. The molecule has 0 aromatic carbocycles.